The van der Waals surface area contributed by atoms with Gasteiger partial charge in [-0.1, -0.05) is 0 Å². The number of hydrogen-bond acceptors (Lipinski definition) is 2. The number of aryl methyl sites for hydroxylation is 1. The predicted octanol–water partition coefficient (Wildman–Crippen LogP) is 2.88. The minimum Gasteiger partial charge on any atom is -0.283 e. The Bertz CT molecular complexity index is 493. The fraction of sp³-hybridized carbons (Fsp3) is 0.333. The van der Waals surface area contributed by atoms with Crippen LogP contribution in [-0.2, 0) is 10.0 Å². The topological polar surface area (TPSA) is 46.2 Å². The van der Waals surface area contributed by atoms with Gasteiger partial charge in [0, 0.05) is 5.88 Å². The van der Waals surface area contributed by atoms with Crippen molar-refractivity contribution >= 4 is 43.2 Å². The molecule has 0 fully saturated rings. The molecule has 1 aromatic carbocycles. The highest BCUT2D eigenvalue weighted by Crippen LogP contribution is 2.24. The van der Waals surface area contributed by atoms with Crippen molar-refractivity contribution in [2.45, 2.75) is 6.92 Å². The third kappa shape index (κ3) is 3.61. The van der Waals surface area contributed by atoms with Crippen molar-refractivity contribution in [3.05, 3.63) is 28.0 Å². The van der Waals surface area contributed by atoms with Gasteiger partial charge < -0.3 is 0 Å². The molecule has 90 valence electrons. The third-order valence-corrected chi connectivity index (χ3v) is 4.17. The van der Waals surface area contributed by atoms with Gasteiger partial charge in [-0.15, -0.1) is 11.6 Å². The lowest BCUT2D eigenvalue weighted by atomic mass is 10.2. The number of sulfonamides is 1. The van der Waals surface area contributed by atoms with Gasteiger partial charge in [0.15, 0.2) is 0 Å². The van der Waals surface area contributed by atoms with Crippen LogP contribution in [0.1, 0.15) is 5.56 Å². The van der Waals surface area contributed by atoms with E-state index in [-0.39, 0.29) is 17.3 Å². The molecular formula is C9H10BrClFNO2S. The molecule has 0 amide bonds. The second-order valence-corrected chi connectivity index (χ2v) is 6.27. The summed E-state index contributed by atoms with van der Waals surface area (Å²) >= 11 is 8.37. The monoisotopic (exact) mass is 329 g/mol. The largest absolute Gasteiger partial charge is 0.283 e. The quantitative estimate of drug-likeness (QED) is 0.863. The summed E-state index contributed by atoms with van der Waals surface area (Å²) in [5.74, 6) is -0.729. The summed E-state index contributed by atoms with van der Waals surface area (Å²) in [6.45, 7) is 1.68. The molecule has 0 aromatic heterocycles. The second kappa shape index (κ2) is 5.33. The first-order valence-electron chi connectivity index (χ1n) is 4.38. The van der Waals surface area contributed by atoms with Gasteiger partial charge in [0.05, 0.1) is 15.9 Å². The Labute approximate surface area is 107 Å². The maximum Gasteiger partial charge on any atom is 0.233 e. The first kappa shape index (κ1) is 13.7. The molecule has 1 N–H and O–H groups in total. The Balaban J connectivity index is 3.03. The lowest BCUT2D eigenvalue weighted by molar-refractivity contribution is 0.602. The van der Waals surface area contributed by atoms with E-state index in [1.54, 1.807) is 6.92 Å². The zero-order valence-corrected chi connectivity index (χ0v) is 11.6. The number of benzene rings is 1. The van der Waals surface area contributed by atoms with Crippen LogP contribution in [0.15, 0.2) is 16.6 Å². The molecule has 3 nitrogen and oxygen atoms in total. The van der Waals surface area contributed by atoms with Crippen LogP contribution < -0.4 is 4.72 Å². The molecule has 0 aliphatic rings. The highest BCUT2D eigenvalue weighted by atomic mass is 79.9. The summed E-state index contributed by atoms with van der Waals surface area (Å²) in [4.78, 5) is 0. The van der Waals surface area contributed by atoms with Gasteiger partial charge in [-0.25, -0.2) is 12.8 Å². The van der Waals surface area contributed by atoms with E-state index in [9.17, 15) is 12.8 Å². The minimum atomic E-state index is -3.50. The van der Waals surface area contributed by atoms with Crippen LogP contribution in [0, 0.1) is 12.7 Å². The van der Waals surface area contributed by atoms with Crippen LogP contribution in [0.3, 0.4) is 0 Å². The Morgan fingerprint density at radius 3 is 2.69 bits per heavy atom. The SMILES string of the molecule is Cc1cc(Br)c(F)cc1NS(=O)(=O)CCCl. The predicted molar refractivity (Wildman–Crippen MR) is 67.0 cm³/mol. The number of anilines is 1. The highest BCUT2D eigenvalue weighted by molar-refractivity contribution is 9.10. The molecule has 0 unspecified atom stereocenters. The summed E-state index contributed by atoms with van der Waals surface area (Å²) in [7, 11) is -3.50. The van der Waals surface area contributed by atoms with Gasteiger partial charge in [-0.2, -0.15) is 0 Å². The standard InChI is InChI=1S/C9H10BrClFNO2S/c1-6-4-7(10)8(12)5-9(6)13-16(14,15)3-2-11/h4-5,13H,2-3H2,1H3. The molecule has 0 spiro atoms. The Kier molecular flexibility index (Phi) is 4.58. The normalized spacial score (nSPS) is 11.5. The van der Waals surface area contributed by atoms with Gasteiger partial charge in [0.2, 0.25) is 10.0 Å². The van der Waals surface area contributed by atoms with Crippen LogP contribution in [0.25, 0.3) is 0 Å². The molecular weight excluding hydrogens is 321 g/mol. The maximum absolute atomic E-state index is 13.2. The van der Waals surface area contributed by atoms with Crippen LogP contribution in [0.2, 0.25) is 0 Å². The van der Waals surface area contributed by atoms with E-state index in [2.05, 4.69) is 20.7 Å². The van der Waals surface area contributed by atoms with Crippen LogP contribution in [0.5, 0.6) is 0 Å². The average Bonchev–Trinajstić information content (AvgIpc) is 2.13. The summed E-state index contributed by atoms with van der Waals surface area (Å²) in [5.41, 5.74) is 0.859. The Hall–Kier alpha value is -0.330. The van der Waals surface area contributed by atoms with Crippen molar-refractivity contribution in [1.29, 1.82) is 0 Å². The van der Waals surface area contributed by atoms with Gasteiger partial charge >= 0.3 is 0 Å². The fourth-order valence-corrected chi connectivity index (χ4v) is 3.00. The number of hydrogen-bond donors (Lipinski definition) is 1. The zero-order chi connectivity index (χ0) is 12.3. The molecule has 0 bridgehead atoms. The van der Waals surface area contributed by atoms with E-state index in [0.717, 1.165) is 6.07 Å². The van der Waals surface area contributed by atoms with Crippen LogP contribution >= 0.6 is 27.5 Å². The molecule has 0 atom stereocenters. The van der Waals surface area contributed by atoms with Gasteiger partial charge in [-0.05, 0) is 40.5 Å². The van der Waals surface area contributed by atoms with Crippen molar-refractivity contribution in [1.82, 2.24) is 0 Å². The van der Waals surface area contributed by atoms with Crippen LogP contribution in [-0.4, -0.2) is 20.1 Å². The second-order valence-electron chi connectivity index (χ2n) is 3.19. The van der Waals surface area contributed by atoms with Crippen molar-refractivity contribution in [2.24, 2.45) is 0 Å². The van der Waals surface area contributed by atoms with E-state index < -0.39 is 15.8 Å². The Morgan fingerprint density at radius 1 is 1.50 bits per heavy atom. The van der Waals surface area contributed by atoms with Crippen molar-refractivity contribution < 1.29 is 12.8 Å². The lowest BCUT2D eigenvalue weighted by Crippen LogP contribution is -2.18. The Morgan fingerprint density at radius 2 is 2.12 bits per heavy atom. The molecule has 7 heteroatoms. The average molecular weight is 331 g/mol. The first-order chi connectivity index (χ1) is 7.35. The van der Waals surface area contributed by atoms with E-state index in [4.69, 9.17) is 11.6 Å². The van der Waals surface area contributed by atoms with Crippen molar-refractivity contribution in [3.63, 3.8) is 0 Å². The lowest BCUT2D eigenvalue weighted by Gasteiger charge is -2.10. The maximum atomic E-state index is 13.2. The summed E-state index contributed by atoms with van der Waals surface area (Å²) in [6.07, 6.45) is 0. The van der Waals surface area contributed by atoms with Gasteiger partial charge in [-0.3, -0.25) is 4.72 Å². The van der Waals surface area contributed by atoms with Gasteiger partial charge in [0.25, 0.3) is 0 Å². The molecule has 0 saturated carbocycles. The molecule has 0 aliphatic carbocycles. The number of nitrogens with one attached hydrogen (secondary N) is 1. The fourth-order valence-electron chi connectivity index (χ4n) is 1.08. The third-order valence-electron chi connectivity index (χ3n) is 1.88. The van der Waals surface area contributed by atoms with Crippen molar-refractivity contribution in [2.75, 3.05) is 16.4 Å². The molecule has 16 heavy (non-hydrogen) atoms. The van der Waals surface area contributed by atoms with Gasteiger partial charge in [0.1, 0.15) is 5.82 Å². The molecule has 1 aromatic rings. The number of halogens is 3. The van der Waals surface area contributed by atoms with E-state index >= 15 is 0 Å². The summed E-state index contributed by atoms with van der Waals surface area (Å²) in [5, 5.41) is 0. The molecule has 0 aliphatic heterocycles. The van der Waals surface area contributed by atoms with E-state index in [1.165, 1.54) is 6.07 Å². The molecule has 1 rings (SSSR count). The van der Waals surface area contributed by atoms with Crippen LogP contribution in [0.4, 0.5) is 10.1 Å². The zero-order valence-electron chi connectivity index (χ0n) is 8.43. The number of rotatable bonds is 4. The first-order valence-corrected chi connectivity index (χ1v) is 7.36. The molecule has 0 saturated heterocycles. The molecule has 0 heterocycles. The smallest absolute Gasteiger partial charge is 0.233 e. The van der Waals surface area contributed by atoms with E-state index in [1.807, 2.05) is 0 Å². The summed E-state index contributed by atoms with van der Waals surface area (Å²) in [6, 6.07) is 2.64. The highest BCUT2D eigenvalue weighted by Gasteiger charge is 2.12. The summed E-state index contributed by atoms with van der Waals surface area (Å²) < 4.78 is 38.6. The van der Waals surface area contributed by atoms with Crippen molar-refractivity contribution in [3.8, 4) is 0 Å². The number of alkyl halides is 1. The molecule has 0 radical (unpaired) electrons. The minimum absolute atomic E-state index is 0.00656. The van der Waals surface area contributed by atoms with E-state index in [0.29, 0.717) is 10.0 Å².